The van der Waals surface area contributed by atoms with E-state index in [2.05, 4.69) is 15.1 Å². The highest BCUT2D eigenvalue weighted by Gasteiger charge is 2.68. The van der Waals surface area contributed by atoms with Crippen molar-refractivity contribution >= 4 is 17.5 Å². The van der Waals surface area contributed by atoms with Crippen molar-refractivity contribution in [1.82, 2.24) is 14.7 Å². The average Bonchev–Trinajstić information content (AvgIpc) is 3.50. The van der Waals surface area contributed by atoms with E-state index in [0.717, 1.165) is 52.2 Å². The molecule has 192 valence electrons. The molecule has 1 saturated carbocycles. The van der Waals surface area contributed by atoms with E-state index in [1.807, 2.05) is 4.90 Å². The predicted octanol–water partition coefficient (Wildman–Crippen LogP) is 2.81. The average molecular weight is 497 g/mol. The van der Waals surface area contributed by atoms with E-state index >= 15 is 0 Å². The van der Waals surface area contributed by atoms with Crippen LogP contribution in [0.15, 0.2) is 48.5 Å². The summed E-state index contributed by atoms with van der Waals surface area (Å²) in [5, 5.41) is 3.01. The van der Waals surface area contributed by atoms with Gasteiger partial charge in [-0.25, -0.2) is 4.39 Å². The third-order valence-electron chi connectivity index (χ3n) is 7.55. The van der Waals surface area contributed by atoms with Gasteiger partial charge in [-0.1, -0.05) is 0 Å². The van der Waals surface area contributed by atoms with Crippen LogP contribution >= 0.6 is 0 Å². The van der Waals surface area contributed by atoms with Crippen molar-refractivity contribution in [3.63, 3.8) is 0 Å². The van der Waals surface area contributed by atoms with Crippen LogP contribution in [-0.2, 0) is 14.3 Å². The van der Waals surface area contributed by atoms with Gasteiger partial charge < -0.3 is 19.7 Å². The minimum atomic E-state index is -0.722. The molecule has 5 rings (SSSR count). The number of carbonyl (C=O) groups excluding carboxylic acids is 2. The van der Waals surface area contributed by atoms with Gasteiger partial charge in [-0.05, 0) is 67.3 Å². The summed E-state index contributed by atoms with van der Waals surface area (Å²) in [7, 11) is 1.71. The second-order valence-corrected chi connectivity index (χ2v) is 9.80. The van der Waals surface area contributed by atoms with Crippen LogP contribution in [0.2, 0.25) is 0 Å². The fourth-order valence-corrected chi connectivity index (χ4v) is 5.37. The van der Waals surface area contributed by atoms with Crippen molar-refractivity contribution in [2.24, 2.45) is 5.92 Å². The van der Waals surface area contributed by atoms with Crippen LogP contribution < -0.4 is 10.1 Å². The van der Waals surface area contributed by atoms with Gasteiger partial charge in [-0.2, -0.15) is 0 Å². The Balaban J connectivity index is 1.15. The second-order valence-electron chi connectivity index (χ2n) is 9.80. The maximum atomic E-state index is 13.3. The lowest BCUT2D eigenvalue weighted by Gasteiger charge is -2.36. The number of anilines is 1. The number of ether oxygens (including phenoxy) is 2. The number of halogens is 1. The molecule has 2 aromatic carbocycles. The highest BCUT2D eigenvalue weighted by Crippen LogP contribution is 2.56. The summed E-state index contributed by atoms with van der Waals surface area (Å²) in [6.07, 6.45) is 1.59. The Kier molecular flexibility index (Phi) is 7.22. The number of nitrogens with one attached hydrogen (secondary N) is 1. The number of amides is 2. The number of likely N-dealkylation sites (tertiary alicyclic amines) is 1. The number of nitrogens with zero attached hydrogens (tertiary/aromatic N) is 3. The summed E-state index contributed by atoms with van der Waals surface area (Å²) in [6.45, 7) is 6.16. The van der Waals surface area contributed by atoms with Gasteiger partial charge >= 0.3 is 0 Å². The Bertz CT molecular complexity index is 1070. The number of piperazine rings is 1. The lowest BCUT2D eigenvalue weighted by Crippen LogP contribution is -2.54. The summed E-state index contributed by atoms with van der Waals surface area (Å²) in [6, 6.07) is 12.9. The number of rotatable bonds is 9. The first-order valence-electron chi connectivity index (χ1n) is 12.6. The van der Waals surface area contributed by atoms with E-state index in [-0.39, 0.29) is 23.5 Å². The van der Waals surface area contributed by atoms with Crippen molar-refractivity contribution in [2.45, 2.75) is 18.4 Å². The number of hydrogen-bond donors (Lipinski definition) is 1. The fourth-order valence-electron chi connectivity index (χ4n) is 5.37. The number of methoxy groups -OCH3 is 1. The summed E-state index contributed by atoms with van der Waals surface area (Å²) in [4.78, 5) is 32.9. The molecule has 3 fully saturated rings. The van der Waals surface area contributed by atoms with Gasteiger partial charge in [0.2, 0.25) is 5.91 Å². The Morgan fingerprint density at radius 1 is 0.972 bits per heavy atom. The lowest BCUT2D eigenvalue weighted by atomic mass is 10.1. The molecule has 0 bridgehead atoms. The first-order chi connectivity index (χ1) is 17.5. The Hall–Kier alpha value is -3.01. The molecule has 2 heterocycles. The molecular formula is C27H33FN4O4. The number of benzene rings is 2. The van der Waals surface area contributed by atoms with E-state index in [0.29, 0.717) is 30.3 Å². The summed E-state index contributed by atoms with van der Waals surface area (Å²) in [5.74, 6) is 0.950. The van der Waals surface area contributed by atoms with Gasteiger partial charge in [0, 0.05) is 52.1 Å². The van der Waals surface area contributed by atoms with Gasteiger partial charge in [-0.3, -0.25) is 19.4 Å². The maximum absolute atomic E-state index is 13.3. The minimum Gasteiger partial charge on any atom is -0.457 e. The third-order valence-corrected chi connectivity index (χ3v) is 7.55. The summed E-state index contributed by atoms with van der Waals surface area (Å²) >= 11 is 0. The van der Waals surface area contributed by atoms with E-state index in [4.69, 9.17) is 9.47 Å². The molecular weight excluding hydrogens is 463 g/mol. The van der Waals surface area contributed by atoms with E-state index in [1.165, 1.54) is 12.1 Å². The molecule has 2 unspecified atom stereocenters. The van der Waals surface area contributed by atoms with Crippen molar-refractivity contribution < 1.29 is 23.5 Å². The van der Waals surface area contributed by atoms with Gasteiger partial charge in [0.25, 0.3) is 5.91 Å². The molecule has 1 N–H and O–H groups in total. The van der Waals surface area contributed by atoms with Crippen LogP contribution in [0.1, 0.15) is 12.8 Å². The Labute approximate surface area is 210 Å². The second kappa shape index (κ2) is 10.5. The zero-order valence-electron chi connectivity index (χ0n) is 20.6. The minimum absolute atomic E-state index is 0.0403. The topological polar surface area (TPSA) is 74.4 Å². The molecule has 8 nitrogen and oxygen atoms in total. The highest BCUT2D eigenvalue weighted by atomic mass is 19.1. The Morgan fingerprint density at radius 3 is 2.25 bits per heavy atom. The smallest absolute Gasteiger partial charge is 0.250 e. The third kappa shape index (κ3) is 5.23. The number of fused-ring (bicyclic) bond motifs is 1. The molecule has 2 aromatic rings. The maximum Gasteiger partial charge on any atom is 0.250 e. The van der Waals surface area contributed by atoms with Gasteiger partial charge in [0.1, 0.15) is 22.9 Å². The monoisotopic (exact) mass is 496 g/mol. The molecule has 2 saturated heterocycles. The van der Waals surface area contributed by atoms with Crippen LogP contribution in [0.5, 0.6) is 11.5 Å². The first kappa shape index (κ1) is 24.7. The van der Waals surface area contributed by atoms with Crippen LogP contribution in [0.25, 0.3) is 0 Å². The normalized spacial score (nSPS) is 23.8. The lowest BCUT2D eigenvalue weighted by molar-refractivity contribution is -0.140. The largest absolute Gasteiger partial charge is 0.457 e. The van der Waals surface area contributed by atoms with Gasteiger partial charge in [0.05, 0.1) is 13.2 Å². The highest BCUT2D eigenvalue weighted by molar-refractivity contribution is 6.04. The van der Waals surface area contributed by atoms with E-state index < -0.39 is 5.54 Å². The van der Waals surface area contributed by atoms with Crippen molar-refractivity contribution in [3.8, 4) is 11.5 Å². The molecule has 0 aromatic heterocycles. The number of piperidine rings is 1. The van der Waals surface area contributed by atoms with Crippen molar-refractivity contribution in [1.29, 1.82) is 0 Å². The van der Waals surface area contributed by atoms with Crippen molar-refractivity contribution in [3.05, 3.63) is 54.3 Å². The molecule has 0 spiro atoms. The fraction of sp³-hybridized carbons (Fsp3) is 0.481. The van der Waals surface area contributed by atoms with Crippen LogP contribution in [0.3, 0.4) is 0 Å². The van der Waals surface area contributed by atoms with Crippen LogP contribution in [-0.4, -0.2) is 91.6 Å². The first-order valence-corrected chi connectivity index (χ1v) is 12.6. The van der Waals surface area contributed by atoms with Crippen molar-refractivity contribution in [2.75, 3.05) is 64.8 Å². The summed E-state index contributed by atoms with van der Waals surface area (Å²) in [5.41, 5.74) is -0.0707. The van der Waals surface area contributed by atoms with E-state index in [9.17, 15) is 14.0 Å². The molecule has 3 aliphatic rings. The Morgan fingerprint density at radius 2 is 1.61 bits per heavy atom. The zero-order chi connectivity index (χ0) is 25.1. The molecule has 2 atom stereocenters. The number of hydrogen-bond acceptors (Lipinski definition) is 6. The molecule has 9 heteroatoms. The molecule has 0 radical (unpaired) electrons. The van der Waals surface area contributed by atoms with Crippen LogP contribution in [0, 0.1) is 11.7 Å². The quantitative estimate of drug-likeness (QED) is 0.576. The summed E-state index contributed by atoms with van der Waals surface area (Å²) < 4.78 is 24.0. The SMILES string of the molecule is COCCN1CCN(CC(=O)N2CCC3CC32C(=O)Nc2ccc(Oc3ccc(F)cc3)cc2)CC1. The standard InChI is InChI=1S/C27H33FN4O4/c1-35-17-16-30-12-14-31(15-13-30)19-25(33)32-11-10-20-18-27(20,32)26(34)29-22-4-8-24(9-5-22)36-23-6-2-21(28)3-7-23/h2-9,20H,10-19H2,1H3,(H,29,34). The van der Waals surface area contributed by atoms with Crippen LogP contribution in [0.4, 0.5) is 10.1 Å². The van der Waals surface area contributed by atoms with Gasteiger partial charge in [-0.15, -0.1) is 0 Å². The zero-order valence-corrected chi connectivity index (χ0v) is 20.6. The number of carbonyl (C=O) groups is 2. The van der Waals surface area contributed by atoms with E-state index in [1.54, 1.807) is 43.5 Å². The molecule has 36 heavy (non-hydrogen) atoms. The molecule has 1 aliphatic carbocycles. The van der Waals surface area contributed by atoms with Gasteiger partial charge in [0.15, 0.2) is 0 Å². The molecule has 2 amide bonds. The molecule has 2 aliphatic heterocycles. The predicted molar refractivity (Wildman–Crippen MR) is 133 cm³/mol.